The Labute approximate surface area is 212 Å². The summed E-state index contributed by atoms with van der Waals surface area (Å²) < 4.78 is 6.52. The summed E-state index contributed by atoms with van der Waals surface area (Å²) in [6, 6.07) is -0.360. The normalized spacial score (nSPS) is 68.0. The van der Waals surface area contributed by atoms with Crippen LogP contribution in [0.2, 0.25) is 0 Å². The zero-order valence-corrected chi connectivity index (χ0v) is 21.6. The van der Waals surface area contributed by atoms with Crippen LogP contribution in [-0.4, -0.2) is 106 Å². The molecule has 0 radical (unpaired) electrons. The maximum Gasteiger partial charge on any atom is 0.196 e. The molecule has 0 aromatic rings. The van der Waals surface area contributed by atoms with E-state index in [1.165, 1.54) is 0 Å². The van der Waals surface area contributed by atoms with Gasteiger partial charge in [0.1, 0.15) is 28.5 Å². The smallest absolute Gasteiger partial charge is 0.196 e. The van der Waals surface area contributed by atoms with Gasteiger partial charge in [-0.15, -0.1) is 0 Å². The van der Waals surface area contributed by atoms with Crippen molar-refractivity contribution in [1.29, 1.82) is 0 Å². The van der Waals surface area contributed by atoms with Crippen molar-refractivity contribution in [1.82, 2.24) is 4.90 Å². The fourth-order valence-electron chi connectivity index (χ4n) is 11.3. The lowest BCUT2D eigenvalue weighted by Crippen LogP contribution is -2.85. The topological polar surface area (TPSA) is 154 Å². The Hall–Kier alpha value is -0.360. The Morgan fingerprint density at radius 1 is 0.778 bits per heavy atom. The summed E-state index contributed by atoms with van der Waals surface area (Å²) >= 11 is 0. The average Bonchev–Trinajstić information content (AvgIpc) is 2.97. The Morgan fingerprint density at radius 2 is 1.47 bits per heavy atom. The van der Waals surface area contributed by atoms with Crippen molar-refractivity contribution in [3.8, 4) is 0 Å². The van der Waals surface area contributed by atoms with Gasteiger partial charge in [-0.1, -0.05) is 13.8 Å². The first kappa shape index (κ1) is 24.7. The standard InChI is InChI=1S/C27H43NO8/c1-14-4-7-18-22(3,31)26(34)17(12-28(18)11-14)24(33)13-25-16(23(24,32)10-20(26)30)6-5-15-21(25,2)9-8-19(29)27(15,35)36-25/h14-20,29-35H,4-13H2,1-3H3/t14-,15-,16-,17-,18-,19+,20-,21-,22+,23+,24+,25-,26-,27+/m0/s1. The van der Waals surface area contributed by atoms with E-state index in [-0.39, 0.29) is 31.3 Å². The molecule has 4 bridgehead atoms. The second-order valence-electron chi connectivity index (χ2n) is 14.3. The lowest BCUT2D eigenvalue weighted by atomic mass is 9.49. The van der Waals surface area contributed by atoms with E-state index >= 15 is 0 Å². The van der Waals surface area contributed by atoms with Gasteiger partial charge in [-0.05, 0) is 51.4 Å². The van der Waals surface area contributed by atoms with Gasteiger partial charge in [0.05, 0.1) is 11.7 Å². The molecule has 204 valence electrons. The summed E-state index contributed by atoms with van der Waals surface area (Å²) in [6.07, 6.45) is 0.752. The zero-order valence-electron chi connectivity index (χ0n) is 21.6. The van der Waals surface area contributed by atoms with Crippen molar-refractivity contribution in [2.75, 3.05) is 13.1 Å². The Balaban J connectivity index is 1.39. The third kappa shape index (κ3) is 2.27. The van der Waals surface area contributed by atoms with Crippen molar-refractivity contribution in [3.05, 3.63) is 0 Å². The predicted molar refractivity (Wildman–Crippen MR) is 126 cm³/mol. The molecule has 3 aliphatic heterocycles. The van der Waals surface area contributed by atoms with Crippen LogP contribution in [0.5, 0.6) is 0 Å². The molecule has 7 fully saturated rings. The molecule has 9 nitrogen and oxygen atoms in total. The quantitative estimate of drug-likeness (QED) is 0.228. The molecule has 9 heteroatoms. The number of aliphatic hydroxyl groups is 7. The highest BCUT2D eigenvalue weighted by Crippen LogP contribution is 2.78. The molecule has 3 heterocycles. The van der Waals surface area contributed by atoms with Gasteiger partial charge < -0.3 is 40.5 Å². The number of piperidine rings is 2. The molecule has 0 aromatic carbocycles. The van der Waals surface area contributed by atoms with Gasteiger partial charge in [-0.25, -0.2) is 0 Å². The van der Waals surface area contributed by atoms with E-state index in [1.807, 2.05) is 6.92 Å². The van der Waals surface area contributed by atoms with Crippen LogP contribution in [0.1, 0.15) is 72.1 Å². The highest BCUT2D eigenvalue weighted by Gasteiger charge is 2.88. The molecule has 36 heavy (non-hydrogen) atoms. The second-order valence-corrected chi connectivity index (χ2v) is 14.3. The zero-order chi connectivity index (χ0) is 25.9. The molecule has 4 saturated carbocycles. The van der Waals surface area contributed by atoms with Crippen molar-refractivity contribution in [2.24, 2.45) is 29.1 Å². The van der Waals surface area contributed by atoms with Crippen LogP contribution in [0.25, 0.3) is 0 Å². The van der Waals surface area contributed by atoms with Gasteiger partial charge in [0.15, 0.2) is 5.79 Å². The molecule has 1 spiro atoms. The fraction of sp³-hybridized carbons (Fsp3) is 1.00. The van der Waals surface area contributed by atoms with Gasteiger partial charge in [0.2, 0.25) is 0 Å². The molecule has 3 saturated heterocycles. The number of aliphatic hydroxyl groups excluding tert-OH is 2. The molecule has 7 aliphatic rings. The first-order chi connectivity index (χ1) is 16.6. The maximum atomic E-state index is 12.7. The minimum Gasteiger partial charge on any atom is -0.390 e. The summed E-state index contributed by atoms with van der Waals surface area (Å²) in [6.45, 7) is 6.70. The molecule has 14 atom stereocenters. The summed E-state index contributed by atoms with van der Waals surface area (Å²) in [5.74, 6) is -3.30. The van der Waals surface area contributed by atoms with E-state index in [0.29, 0.717) is 44.6 Å². The lowest BCUT2D eigenvalue weighted by molar-refractivity contribution is -0.354. The number of hydrogen-bond donors (Lipinski definition) is 7. The maximum absolute atomic E-state index is 12.7. The predicted octanol–water partition coefficient (Wildman–Crippen LogP) is -0.526. The monoisotopic (exact) mass is 509 g/mol. The Kier molecular flexibility index (Phi) is 4.57. The molecular formula is C27H43NO8. The molecule has 7 N–H and O–H groups in total. The fourth-order valence-corrected chi connectivity index (χ4v) is 11.3. The molecule has 0 aromatic heterocycles. The van der Waals surface area contributed by atoms with E-state index in [9.17, 15) is 35.7 Å². The molecule has 0 amide bonds. The van der Waals surface area contributed by atoms with Crippen LogP contribution >= 0.6 is 0 Å². The summed E-state index contributed by atoms with van der Waals surface area (Å²) in [5.41, 5.74) is -9.07. The van der Waals surface area contributed by atoms with Gasteiger partial charge in [0, 0.05) is 55.1 Å². The van der Waals surface area contributed by atoms with E-state index in [1.54, 1.807) is 6.92 Å². The number of nitrogens with zero attached hydrogens (tertiary/aromatic N) is 1. The summed E-state index contributed by atoms with van der Waals surface area (Å²) in [5, 5.41) is 83.2. The van der Waals surface area contributed by atoms with Crippen LogP contribution in [0.4, 0.5) is 0 Å². The molecule has 4 aliphatic carbocycles. The highest BCUT2D eigenvalue weighted by molar-refractivity contribution is 5.37. The van der Waals surface area contributed by atoms with Gasteiger partial charge in [-0.3, -0.25) is 4.90 Å². The first-order valence-corrected chi connectivity index (χ1v) is 14.0. The number of ether oxygens (including phenoxy) is 1. The van der Waals surface area contributed by atoms with Gasteiger partial charge in [0.25, 0.3) is 0 Å². The summed E-state index contributed by atoms with van der Waals surface area (Å²) in [7, 11) is 0. The largest absolute Gasteiger partial charge is 0.390 e. The lowest BCUT2D eigenvalue weighted by Gasteiger charge is -2.68. The van der Waals surface area contributed by atoms with Crippen LogP contribution in [0, 0.1) is 29.1 Å². The van der Waals surface area contributed by atoms with E-state index < -0.39 is 63.3 Å². The average molecular weight is 510 g/mol. The van der Waals surface area contributed by atoms with Crippen LogP contribution in [-0.2, 0) is 4.74 Å². The van der Waals surface area contributed by atoms with Crippen molar-refractivity contribution >= 4 is 0 Å². The number of hydrogen-bond acceptors (Lipinski definition) is 9. The molecule has 0 unspecified atom stereocenters. The van der Waals surface area contributed by atoms with E-state index in [4.69, 9.17) is 4.74 Å². The van der Waals surface area contributed by atoms with Crippen molar-refractivity contribution in [3.63, 3.8) is 0 Å². The summed E-state index contributed by atoms with van der Waals surface area (Å²) in [4.78, 5) is 2.12. The van der Waals surface area contributed by atoms with Crippen molar-refractivity contribution < 1.29 is 40.5 Å². The SMILES string of the molecule is C[C@H]1CC[C@@H]2N(C1)C[C@@H]1[C@](O)([C@@H](O)C[C@@]3(O)[C@@H]4CC[C@@H]5[C@@]6(O)O[C@]4(C[C@@]13O)[C@@]5(C)CC[C@H]6O)[C@]2(C)O. The van der Waals surface area contributed by atoms with Crippen LogP contribution in [0.15, 0.2) is 0 Å². The Bertz CT molecular complexity index is 995. The number of fused-ring (bicyclic) bond motifs is 5. The van der Waals surface area contributed by atoms with Crippen LogP contribution < -0.4 is 0 Å². The minimum atomic E-state index is -2.02. The van der Waals surface area contributed by atoms with Gasteiger partial charge >= 0.3 is 0 Å². The molecular weight excluding hydrogens is 466 g/mol. The van der Waals surface area contributed by atoms with Crippen LogP contribution in [0.3, 0.4) is 0 Å². The van der Waals surface area contributed by atoms with E-state index in [0.717, 1.165) is 6.42 Å². The third-order valence-corrected chi connectivity index (χ3v) is 13.1. The highest BCUT2D eigenvalue weighted by atomic mass is 16.7. The third-order valence-electron chi connectivity index (χ3n) is 13.1. The number of rotatable bonds is 0. The molecule has 7 rings (SSSR count). The minimum absolute atomic E-state index is 0.0208. The Morgan fingerprint density at radius 3 is 2.19 bits per heavy atom. The van der Waals surface area contributed by atoms with Crippen molar-refractivity contribution in [2.45, 2.75) is 124 Å². The van der Waals surface area contributed by atoms with E-state index in [2.05, 4.69) is 11.8 Å². The second kappa shape index (κ2) is 6.67. The first-order valence-electron chi connectivity index (χ1n) is 14.0. The van der Waals surface area contributed by atoms with Gasteiger partial charge in [-0.2, -0.15) is 0 Å².